The van der Waals surface area contributed by atoms with Crippen molar-refractivity contribution in [2.45, 2.75) is 31.5 Å². The van der Waals surface area contributed by atoms with Crippen LogP contribution < -0.4 is 10.2 Å². The zero-order chi connectivity index (χ0) is 20.2. The SMILES string of the molecule is CN(Cc1ccccc1N1CCOCC1)[C@@H](C(=O)NC1CC1)c1ccc(F)cc1. The number of morpholine rings is 1. The van der Waals surface area contributed by atoms with E-state index in [2.05, 4.69) is 22.3 Å². The molecule has 0 bridgehead atoms. The standard InChI is InChI=1S/C23H28FN3O2/c1-26(16-18-4-2-3-5-21(18)27-12-14-29-15-13-27)22(23(28)25-20-10-11-20)17-6-8-19(24)9-7-17/h2-9,20,22H,10-16H2,1H3,(H,25,28)/t22-/m1/s1. The lowest BCUT2D eigenvalue weighted by Gasteiger charge is -2.33. The molecule has 5 nitrogen and oxygen atoms in total. The number of anilines is 1. The summed E-state index contributed by atoms with van der Waals surface area (Å²) >= 11 is 0. The molecule has 1 N–H and O–H groups in total. The Bertz CT molecular complexity index is 832. The predicted octanol–water partition coefficient (Wildman–Crippen LogP) is 3.11. The second-order valence-corrected chi connectivity index (χ2v) is 7.88. The molecular formula is C23H28FN3O2. The second-order valence-electron chi connectivity index (χ2n) is 7.88. The molecule has 2 aliphatic rings. The van der Waals surface area contributed by atoms with E-state index in [0.29, 0.717) is 6.54 Å². The summed E-state index contributed by atoms with van der Waals surface area (Å²) in [5, 5.41) is 3.11. The van der Waals surface area contributed by atoms with Gasteiger partial charge in [0.15, 0.2) is 0 Å². The normalized spacial score (nSPS) is 18.0. The molecular weight excluding hydrogens is 369 g/mol. The summed E-state index contributed by atoms with van der Waals surface area (Å²) in [5.41, 5.74) is 3.15. The van der Waals surface area contributed by atoms with Crippen LogP contribution in [0.2, 0.25) is 0 Å². The lowest BCUT2D eigenvalue weighted by Crippen LogP contribution is -2.40. The maximum atomic E-state index is 13.4. The molecule has 1 aliphatic carbocycles. The zero-order valence-electron chi connectivity index (χ0n) is 16.8. The van der Waals surface area contributed by atoms with Crippen molar-refractivity contribution < 1.29 is 13.9 Å². The van der Waals surface area contributed by atoms with E-state index in [1.165, 1.54) is 23.4 Å². The average Bonchev–Trinajstić information content (AvgIpc) is 3.55. The molecule has 154 valence electrons. The van der Waals surface area contributed by atoms with Gasteiger partial charge in [0.2, 0.25) is 5.91 Å². The maximum absolute atomic E-state index is 13.4. The molecule has 0 radical (unpaired) electrons. The maximum Gasteiger partial charge on any atom is 0.242 e. The van der Waals surface area contributed by atoms with Crippen LogP contribution in [0.1, 0.15) is 30.0 Å². The van der Waals surface area contributed by atoms with Gasteiger partial charge in [-0.3, -0.25) is 9.69 Å². The number of carbonyl (C=O) groups is 1. The van der Waals surface area contributed by atoms with E-state index in [4.69, 9.17) is 4.74 Å². The van der Waals surface area contributed by atoms with E-state index in [1.807, 2.05) is 24.1 Å². The highest BCUT2D eigenvalue weighted by Crippen LogP contribution is 2.28. The molecule has 2 fully saturated rings. The molecule has 0 aromatic heterocycles. The molecule has 0 spiro atoms. The van der Waals surface area contributed by atoms with Gasteiger partial charge >= 0.3 is 0 Å². The minimum absolute atomic E-state index is 0.0227. The Morgan fingerprint density at radius 3 is 2.55 bits per heavy atom. The van der Waals surface area contributed by atoms with Crippen LogP contribution in [0.3, 0.4) is 0 Å². The van der Waals surface area contributed by atoms with Crippen LogP contribution in [0.5, 0.6) is 0 Å². The molecule has 1 aliphatic heterocycles. The van der Waals surface area contributed by atoms with Crippen LogP contribution in [0.15, 0.2) is 48.5 Å². The fraction of sp³-hybridized carbons (Fsp3) is 0.435. The number of nitrogens with zero attached hydrogens (tertiary/aromatic N) is 2. The molecule has 29 heavy (non-hydrogen) atoms. The summed E-state index contributed by atoms with van der Waals surface area (Å²) in [6.07, 6.45) is 2.07. The van der Waals surface area contributed by atoms with Crippen molar-refractivity contribution in [1.29, 1.82) is 0 Å². The van der Waals surface area contributed by atoms with Crippen LogP contribution in [0, 0.1) is 5.82 Å². The minimum atomic E-state index is -0.464. The number of para-hydroxylation sites is 1. The Kier molecular flexibility index (Phi) is 6.11. The largest absolute Gasteiger partial charge is 0.378 e. The molecule has 6 heteroatoms. The number of rotatable bonds is 7. The van der Waals surface area contributed by atoms with E-state index in [1.54, 1.807) is 12.1 Å². The van der Waals surface area contributed by atoms with Gasteiger partial charge in [0.25, 0.3) is 0 Å². The average molecular weight is 397 g/mol. The van der Waals surface area contributed by atoms with E-state index in [9.17, 15) is 9.18 Å². The molecule has 1 atom stereocenters. The number of hydrogen-bond donors (Lipinski definition) is 1. The number of nitrogens with one attached hydrogen (secondary N) is 1. The number of amides is 1. The lowest BCUT2D eigenvalue weighted by atomic mass is 10.0. The lowest BCUT2D eigenvalue weighted by molar-refractivity contribution is -0.126. The molecule has 1 saturated carbocycles. The fourth-order valence-electron chi connectivity index (χ4n) is 3.88. The summed E-state index contributed by atoms with van der Waals surface area (Å²) in [7, 11) is 1.95. The van der Waals surface area contributed by atoms with Crippen LogP contribution in [-0.2, 0) is 16.1 Å². The van der Waals surface area contributed by atoms with Gasteiger partial charge in [-0.05, 0) is 49.2 Å². The van der Waals surface area contributed by atoms with Gasteiger partial charge in [-0.25, -0.2) is 4.39 Å². The quantitative estimate of drug-likeness (QED) is 0.780. The predicted molar refractivity (Wildman–Crippen MR) is 111 cm³/mol. The van der Waals surface area contributed by atoms with Crippen molar-refractivity contribution in [2.75, 3.05) is 38.3 Å². The van der Waals surface area contributed by atoms with Crippen molar-refractivity contribution in [3.8, 4) is 0 Å². The van der Waals surface area contributed by atoms with E-state index in [0.717, 1.165) is 44.7 Å². The van der Waals surface area contributed by atoms with Gasteiger partial charge in [0.05, 0.1) is 13.2 Å². The van der Waals surface area contributed by atoms with Crippen molar-refractivity contribution in [3.05, 3.63) is 65.5 Å². The van der Waals surface area contributed by atoms with Gasteiger partial charge < -0.3 is 15.0 Å². The number of ether oxygens (including phenoxy) is 1. The van der Waals surface area contributed by atoms with Gasteiger partial charge in [-0.2, -0.15) is 0 Å². The van der Waals surface area contributed by atoms with Crippen molar-refractivity contribution in [2.24, 2.45) is 0 Å². The Hall–Kier alpha value is -2.44. The molecule has 2 aromatic rings. The summed E-state index contributed by atoms with van der Waals surface area (Å²) in [4.78, 5) is 17.4. The van der Waals surface area contributed by atoms with Crippen LogP contribution in [0.4, 0.5) is 10.1 Å². The fourth-order valence-corrected chi connectivity index (χ4v) is 3.88. The highest BCUT2D eigenvalue weighted by molar-refractivity contribution is 5.83. The molecule has 0 unspecified atom stereocenters. The summed E-state index contributed by atoms with van der Waals surface area (Å²) in [6.45, 7) is 3.81. The Morgan fingerprint density at radius 1 is 1.17 bits per heavy atom. The summed E-state index contributed by atoms with van der Waals surface area (Å²) in [6, 6.07) is 14.4. The van der Waals surface area contributed by atoms with Gasteiger partial charge in [-0.15, -0.1) is 0 Å². The van der Waals surface area contributed by atoms with Gasteiger partial charge in [0.1, 0.15) is 11.9 Å². The molecule has 1 amide bonds. The summed E-state index contributed by atoms with van der Waals surface area (Å²) in [5.74, 6) is -0.319. The van der Waals surface area contributed by atoms with Gasteiger partial charge in [-0.1, -0.05) is 30.3 Å². The third kappa shape index (κ3) is 4.95. The minimum Gasteiger partial charge on any atom is -0.378 e. The van der Waals surface area contributed by atoms with Crippen LogP contribution in [0.25, 0.3) is 0 Å². The third-order valence-corrected chi connectivity index (χ3v) is 5.56. The zero-order valence-corrected chi connectivity index (χ0v) is 16.8. The third-order valence-electron chi connectivity index (χ3n) is 5.56. The Labute approximate surface area is 171 Å². The van der Waals surface area contributed by atoms with E-state index < -0.39 is 6.04 Å². The first-order valence-corrected chi connectivity index (χ1v) is 10.3. The second kappa shape index (κ2) is 8.93. The van der Waals surface area contributed by atoms with Crippen LogP contribution in [-0.4, -0.2) is 50.2 Å². The molecule has 4 rings (SSSR count). The van der Waals surface area contributed by atoms with Crippen molar-refractivity contribution in [1.82, 2.24) is 10.2 Å². The van der Waals surface area contributed by atoms with Crippen molar-refractivity contribution in [3.63, 3.8) is 0 Å². The van der Waals surface area contributed by atoms with Gasteiger partial charge in [0, 0.05) is 31.4 Å². The number of halogens is 1. The first-order valence-electron chi connectivity index (χ1n) is 10.3. The number of benzene rings is 2. The molecule has 2 aromatic carbocycles. The molecule has 1 heterocycles. The summed E-state index contributed by atoms with van der Waals surface area (Å²) < 4.78 is 18.9. The van der Waals surface area contributed by atoms with E-state index >= 15 is 0 Å². The highest BCUT2D eigenvalue weighted by atomic mass is 19.1. The number of hydrogen-bond acceptors (Lipinski definition) is 4. The number of carbonyl (C=O) groups excluding carboxylic acids is 1. The first kappa shape index (κ1) is 19.9. The Balaban J connectivity index is 1.57. The monoisotopic (exact) mass is 397 g/mol. The highest BCUT2D eigenvalue weighted by Gasteiger charge is 2.31. The smallest absolute Gasteiger partial charge is 0.242 e. The number of likely N-dealkylation sites (N-methyl/N-ethyl adjacent to an activating group) is 1. The van der Waals surface area contributed by atoms with Crippen LogP contribution >= 0.6 is 0 Å². The topological polar surface area (TPSA) is 44.8 Å². The Morgan fingerprint density at radius 2 is 1.86 bits per heavy atom. The first-order chi connectivity index (χ1) is 14.1. The van der Waals surface area contributed by atoms with Crippen molar-refractivity contribution >= 4 is 11.6 Å². The van der Waals surface area contributed by atoms with E-state index in [-0.39, 0.29) is 17.8 Å². The molecule has 1 saturated heterocycles.